The molecule has 0 fully saturated rings. The van der Waals surface area contributed by atoms with Crippen molar-refractivity contribution in [1.29, 1.82) is 10.5 Å². The molecule has 1 heterocycles. The fourth-order valence-electron chi connectivity index (χ4n) is 1.73. The molecule has 17 heavy (non-hydrogen) atoms. The van der Waals surface area contributed by atoms with E-state index in [-0.39, 0.29) is 11.5 Å². The lowest BCUT2D eigenvalue weighted by Crippen LogP contribution is -2.14. The van der Waals surface area contributed by atoms with Gasteiger partial charge in [0.25, 0.3) is 0 Å². The zero-order valence-electron chi connectivity index (χ0n) is 9.09. The normalized spacial score (nSPS) is 17.3. The molecule has 0 bridgehead atoms. The molecule has 0 amide bonds. The minimum absolute atomic E-state index is 0.0216. The Balaban J connectivity index is 2.29. The maximum Gasteiger partial charge on any atom is 0.126 e. The maximum absolute atomic E-state index is 8.74. The van der Waals surface area contributed by atoms with Crippen LogP contribution in [0.5, 0.6) is 0 Å². The first-order valence-corrected chi connectivity index (χ1v) is 5.23. The van der Waals surface area contributed by atoms with E-state index in [1.165, 1.54) is 0 Å². The summed E-state index contributed by atoms with van der Waals surface area (Å²) in [4.78, 5) is 0. The maximum atomic E-state index is 8.74. The molecule has 1 aromatic rings. The van der Waals surface area contributed by atoms with Gasteiger partial charge < -0.3 is 5.43 Å². The highest BCUT2D eigenvalue weighted by Crippen LogP contribution is 2.16. The van der Waals surface area contributed by atoms with Crippen molar-refractivity contribution in [3.63, 3.8) is 0 Å². The number of benzene rings is 1. The van der Waals surface area contributed by atoms with Gasteiger partial charge in [0.2, 0.25) is 0 Å². The number of hydrogen-bond donors (Lipinski definition) is 1. The second-order valence-electron chi connectivity index (χ2n) is 3.64. The minimum atomic E-state index is -0.0216. The number of rotatable bonds is 2. The standard InChI is InChI=1S/C13H10N4/c14-7-10(8-15)6-12-9-16-17-13(12)11-4-2-1-3-5-11/h1-6,12,16H,9H2. The molecule has 4 nitrogen and oxygen atoms in total. The molecule has 1 aliphatic heterocycles. The topological polar surface area (TPSA) is 72.0 Å². The molecule has 1 unspecified atom stereocenters. The van der Waals surface area contributed by atoms with E-state index < -0.39 is 0 Å². The zero-order chi connectivity index (χ0) is 12.1. The van der Waals surface area contributed by atoms with E-state index in [4.69, 9.17) is 10.5 Å². The van der Waals surface area contributed by atoms with Gasteiger partial charge in [-0.05, 0) is 11.6 Å². The van der Waals surface area contributed by atoms with E-state index in [0.29, 0.717) is 6.54 Å². The predicted molar refractivity (Wildman–Crippen MR) is 63.8 cm³/mol. The molecule has 0 saturated heterocycles. The van der Waals surface area contributed by atoms with Gasteiger partial charge in [0.05, 0.1) is 5.71 Å². The third-order valence-electron chi connectivity index (χ3n) is 2.54. The fourth-order valence-corrected chi connectivity index (χ4v) is 1.73. The Kier molecular flexibility index (Phi) is 3.18. The van der Waals surface area contributed by atoms with Crippen molar-refractivity contribution in [2.24, 2.45) is 11.0 Å². The van der Waals surface area contributed by atoms with Crippen LogP contribution in [0.4, 0.5) is 0 Å². The quantitative estimate of drug-likeness (QED) is 0.772. The van der Waals surface area contributed by atoms with Crippen LogP contribution in [0.2, 0.25) is 0 Å². The van der Waals surface area contributed by atoms with Crippen LogP contribution in [0.3, 0.4) is 0 Å². The highest BCUT2D eigenvalue weighted by molar-refractivity contribution is 6.04. The molecule has 1 aliphatic rings. The molecular formula is C13H10N4. The van der Waals surface area contributed by atoms with Gasteiger partial charge in [0.1, 0.15) is 17.7 Å². The predicted octanol–water partition coefficient (Wildman–Crippen LogP) is 1.58. The van der Waals surface area contributed by atoms with Crippen molar-refractivity contribution in [3.05, 3.63) is 47.5 Å². The van der Waals surface area contributed by atoms with Crippen LogP contribution in [-0.4, -0.2) is 12.3 Å². The molecule has 1 atom stereocenters. The Labute approximate surface area is 99.5 Å². The number of nitrogens with one attached hydrogen (secondary N) is 1. The van der Waals surface area contributed by atoms with Crippen molar-refractivity contribution in [1.82, 2.24) is 5.43 Å². The van der Waals surface area contributed by atoms with Crippen molar-refractivity contribution >= 4 is 5.71 Å². The van der Waals surface area contributed by atoms with Crippen LogP contribution >= 0.6 is 0 Å². The van der Waals surface area contributed by atoms with Crippen LogP contribution < -0.4 is 5.43 Å². The summed E-state index contributed by atoms with van der Waals surface area (Å²) in [6, 6.07) is 13.5. The summed E-state index contributed by atoms with van der Waals surface area (Å²) in [6.45, 7) is 0.622. The van der Waals surface area contributed by atoms with E-state index in [1.807, 2.05) is 42.5 Å². The highest BCUT2D eigenvalue weighted by atomic mass is 15.3. The van der Waals surface area contributed by atoms with Crippen LogP contribution in [-0.2, 0) is 0 Å². The number of nitriles is 2. The van der Waals surface area contributed by atoms with Crippen LogP contribution in [0.15, 0.2) is 47.1 Å². The second-order valence-corrected chi connectivity index (χ2v) is 3.64. The Morgan fingerprint density at radius 1 is 1.29 bits per heavy atom. The van der Waals surface area contributed by atoms with Gasteiger partial charge in [-0.3, -0.25) is 0 Å². The molecule has 82 valence electrons. The second kappa shape index (κ2) is 4.96. The molecule has 0 radical (unpaired) electrons. The fraction of sp³-hybridized carbons (Fsp3) is 0.154. The summed E-state index contributed by atoms with van der Waals surface area (Å²) in [5.41, 5.74) is 4.90. The molecule has 0 aromatic heterocycles. The van der Waals surface area contributed by atoms with Gasteiger partial charge in [0, 0.05) is 12.5 Å². The van der Waals surface area contributed by atoms with Gasteiger partial charge in [-0.15, -0.1) is 0 Å². The first-order chi connectivity index (χ1) is 8.35. The summed E-state index contributed by atoms with van der Waals surface area (Å²) >= 11 is 0. The minimum Gasteiger partial charge on any atom is -0.309 e. The number of allylic oxidation sites excluding steroid dienone is 1. The Morgan fingerprint density at radius 3 is 2.65 bits per heavy atom. The Morgan fingerprint density at radius 2 is 2.00 bits per heavy atom. The Bertz CT molecular complexity index is 527. The van der Waals surface area contributed by atoms with E-state index >= 15 is 0 Å². The molecule has 1 aromatic carbocycles. The van der Waals surface area contributed by atoms with Crippen molar-refractivity contribution in [3.8, 4) is 12.1 Å². The van der Waals surface area contributed by atoms with Crippen LogP contribution in [0, 0.1) is 28.6 Å². The van der Waals surface area contributed by atoms with Gasteiger partial charge in [-0.25, -0.2) is 0 Å². The summed E-state index contributed by atoms with van der Waals surface area (Å²) < 4.78 is 0. The third kappa shape index (κ3) is 2.32. The van der Waals surface area contributed by atoms with Crippen LogP contribution in [0.25, 0.3) is 0 Å². The molecule has 2 rings (SSSR count). The summed E-state index contributed by atoms with van der Waals surface area (Å²) in [5, 5.41) is 21.7. The molecule has 4 heteroatoms. The van der Waals surface area contributed by atoms with E-state index in [1.54, 1.807) is 6.08 Å². The average molecular weight is 222 g/mol. The molecule has 0 spiro atoms. The lowest BCUT2D eigenvalue weighted by atomic mass is 9.96. The first kappa shape index (κ1) is 10.9. The van der Waals surface area contributed by atoms with E-state index in [9.17, 15) is 0 Å². The van der Waals surface area contributed by atoms with Gasteiger partial charge in [0.15, 0.2) is 0 Å². The summed E-state index contributed by atoms with van der Waals surface area (Å²) in [5.74, 6) is -0.0216. The Hall–Kier alpha value is -2.59. The number of nitrogens with zero attached hydrogens (tertiary/aromatic N) is 3. The van der Waals surface area contributed by atoms with Crippen molar-refractivity contribution in [2.75, 3.05) is 6.54 Å². The van der Waals surface area contributed by atoms with E-state index in [2.05, 4.69) is 10.5 Å². The largest absolute Gasteiger partial charge is 0.309 e. The SMILES string of the molecule is N#CC(C#N)=CC1CNN=C1c1ccccc1. The smallest absolute Gasteiger partial charge is 0.126 e. The summed E-state index contributed by atoms with van der Waals surface area (Å²) in [7, 11) is 0. The zero-order valence-corrected chi connectivity index (χ0v) is 9.09. The van der Waals surface area contributed by atoms with Gasteiger partial charge >= 0.3 is 0 Å². The van der Waals surface area contributed by atoms with Crippen LogP contribution in [0.1, 0.15) is 5.56 Å². The summed E-state index contributed by atoms with van der Waals surface area (Å²) in [6.07, 6.45) is 1.66. The molecule has 1 N–H and O–H groups in total. The lowest BCUT2D eigenvalue weighted by molar-refractivity contribution is 0.747. The molecular weight excluding hydrogens is 212 g/mol. The molecule has 0 saturated carbocycles. The van der Waals surface area contributed by atoms with Gasteiger partial charge in [-0.1, -0.05) is 30.3 Å². The van der Waals surface area contributed by atoms with E-state index in [0.717, 1.165) is 11.3 Å². The van der Waals surface area contributed by atoms with Gasteiger partial charge in [-0.2, -0.15) is 15.6 Å². The monoisotopic (exact) mass is 222 g/mol. The average Bonchev–Trinajstić information content (AvgIpc) is 2.85. The number of hydrogen-bond acceptors (Lipinski definition) is 4. The lowest BCUT2D eigenvalue weighted by Gasteiger charge is -2.06. The molecule has 0 aliphatic carbocycles. The highest BCUT2D eigenvalue weighted by Gasteiger charge is 2.21. The third-order valence-corrected chi connectivity index (χ3v) is 2.54. The van der Waals surface area contributed by atoms with Crippen molar-refractivity contribution < 1.29 is 0 Å². The van der Waals surface area contributed by atoms with Crippen molar-refractivity contribution in [2.45, 2.75) is 0 Å². The number of hydrazone groups is 1. The first-order valence-electron chi connectivity index (χ1n) is 5.23.